The van der Waals surface area contributed by atoms with Crippen LogP contribution in [0, 0.1) is 0 Å². The van der Waals surface area contributed by atoms with Crippen LogP contribution in [0.5, 0.6) is 0 Å². The lowest BCUT2D eigenvalue weighted by atomic mass is 10.1. The molecule has 0 heterocycles. The molecular formula is C13H18N2O3. The van der Waals surface area contributed by atoms with E-state index >= 15 is 0 Å². The number of nitrogens with two attached hydrogens (primary N) is 1. The molecule has 0 fully saturated rings. The number of rotatable bonds is 3. The number of ether oxygens (including phenoxy) is 1. The number of nitrogens with one attached hydrogen (secondary N) is 1. The highest BCUT2D eigenvalue weighted by Gasteiger charge is 2.23. The van der Waals surface area contributed by atoms with Gasteiger partial charge in [0.2, 0.25) is 5.91 Å². The molecule has 0 aromatic heterocycles. The molecule has 3 N–H and O–H groups in total. The lowest BCUT2D eigenvalue weighted by molar-refractivity contribution is -0.120. The van der Waals surface area contributed by atoms with Gasteiger partial charge in [-0.3, -0.25) is 4.79 Å². The molecule has 18 heavy (non-hydrogen) atoms. The fraction of sp³-hybridized carbons (Fsp3) is 0.385. The fourth-order valence-corrected chi connectivity index (χ4v) is 1.39. The molecule has 1 rings (SSSR count). The predicted molar refractivity (Wildman–Crippen MR) is 67.7 cm³/mol. The van der Waals surface area contributed by atoms with Gasteiger partial charge in [-0.25, -0.2) is 4.79 Å². The van der Waals surface area contributed by atoms with Crippen LogP contribution in [0.25, 0.3) is 0 Å². The summed E-state index contributed by atoms with van der Waals surface area (Å²) in [6, 6.07) is 7.89. The molecule has 0 saturated carbocycles. The zero-order valence-electron chi connectivity index (χ0n) is 10.8. The zero-order chi connectivity index (χ0) is 13.8. The summed E-state index contributed by atoms with van der Waals surface area (Å²) in [5.74, 6) is -0.632. The fourth-order valence-electron chi connectivity index (χ4n) is 1.39. The van der Waals surface area contributed by atoms with E-state index in [-0.39, 0.29) is 0 Å². The first-order valence-corrected chi connectivity index (χ1v) is 5.63. The third-order valence-corrected chi connectivity index (χ3v) is 2.08. The van der Waals surface area contributed by atoms with Crippen LogP contribution in [0.4, 0.5) is 4.79 Å². The summed E-state index contributed by atoms with van der Waals surface area (Å²) in [7, 11) is 0. The van der Waals surface area contributed by atoms with Crippen molar-refractivity contribution in [3.05, 3.63) is 35.9 Å². The van der Waals surface area contributed by atoms with Crippen molar-refractivity contribution in [2.24, 2.45) is 5.73 Å². The molecule has 98 valence electrons. The Balaban J connectivity index is 2.77. The Morgan fingerprint density at radius 1 is 1.22 bits per heavy atom. The third kappa shape index (κ3) is 4.45. The monoisotopic (exact) mass is 250 g/mol. The average molecular weight is 250 g/mol. The van der Waals surface area contributed by atoms with E-state index in [2.05, 4.69) is 5.32 Å². The maximum Gasteiger partial charge on any atom is 0.408 e. The Morgan fingerprint density at radius 3 is 2.22 bits per heavy atom. The molecule has 0 unspecified atom stereocenters. The van der Waals surface area contributed by atoms with E-state index in [0.717, 1.165) is 0 Å². The average Bonchev–Trinajstić information content (AvgIpc) is 2.24. The van der Waals surface area contributed by atoms with Gasteiger partial charge in [0.1, 0.15) is 11.6 Å². The molecule has 0 aliphatic carbocycles. The van der Waals surface area contributed by atoms with Crippen molar-refractivity contribution in [3.63, 3.8) is 0 Å². The first kappa shape index (κ1) is 14.0. The molecule has 0 aliphatic rings. The van der Waals surface area contributed by atoms with E-state index in [9.17, 15) is 9.59 Å². The highest BCUT2D eigenvalue weighted by molar-refractivity contribution is 5.85. The molecule has 1 aromatic rings. The van der Waals surface area contributed by atoms with Crippen molar-refractivity contribution in [2.75, 3.05) is 0 Å². The zero-order valence-corrected chi connectivity index (χ0v) is 10.8. The van der Waals surface area contributed by atoms with Crippen LogP contribution < -0.4 is 11.1 Å². The minimum absolute atomic E-state index is 0.621. The molecule has 5 nitrogen and oxygen atoms in total. The Kier molecular flexibility index (Phi) is 4.31. The molecule has 0 spiro atoms. The van der Waals surface area contributed by atoms with Crippen LogP contribution in [0.1, 0.15) is 32.4 Å². The lowest BCUT2D eigenvalue weighted by Gasteiger charge is -2.22. The Hall–Kier alpha value is -2.04. The first-order chi connectivity index (χ1) is 8.29. The highest BCUT2D eigenvalue weighted by Crippen LogP contribution is 2.13. The molecule has 5 heteroatoms. The summed E-state index contributed by atoms with van der Waals surface area (Å²) in [6.07, 6.45) is -0.671. The first-order valence-electron chi connectivity index (χ1n) is 5.63. The van der Waals surface area contributed by atoms with Crippen LogP contribution in [-0.2, 0) is 9.53 Å². The van der Waals surface area contributed by atoms with Crippen molar-refractivity contribution < 1.29 is 14.3 Å². The van der Waals surface area contributed by atoms with E-state index < -0.39 is 23.6 Å². The van der Waals surface area contributed by atoms with Crippen molar-refractivity contribution in [1.29, 1.82) is 0 Å². The topological polar surface area (TPSA) is 81.4 Å². The summed E-state index contributed by atoms with van der Waals surface area (Å²) in [5, 5.41) is 2.45. The van der Waals surface area contributed by atoms with E-state index in [1.165, 1.54) is 0 Å². The van der Waals surface area contributed by atoms with E-state index in [0.29, 0.717) is 5.56 Å². The van der Waals surface area contributed by atoms with Crippen molar-refractivity contribution in [2.45, 2.75) is 32.4 Å². The summed E-state index contributed by atoms with van der Waals surface area (Å²) in [6.45, 7) is 5.23. The van der Waals surface area contributed by atoms with Gasteiger partial charge in [0, 0.05) is 0 Å². The van der Waals surface area contributed by atoms with Gasteiger partial charge >= 0.3 is 6.09 Å². The third-order valence-electron chi connectivity index (χ3n) is 2.08. The predicted octanol–water partition coefficient (Wildman–Crippen LogP) is 1.74. The summed E-state index contributed by atoms with van der Waals surface area (Å²) < 4.78 is 5.08. The van der Waals surface area contributed by atoms with Gasteiger partial charge in [0.25, 0.3) is 0 Å². The minimum Gasteiger partial charge on any atom is -0.444 e. The lowest BCUT2D eigenvalue weighted by Crippen LogP contribution is -2.40. The largest absolute Gasteiger partial charge is 0.444 e. The van der Waals surface area contributed by atoms with Crippen LogP contribution >= 0.6 is 0 Å². The number of alkyl carbamates (subject to hydrolysis) is 1. The molecule has 1 aromatic carbocycles. The SMILES string of the molecule is CC(C)(C)OC(=O)N[C@H](C(N)=O)c1ccccc1. The Morgan fingerprint density at radius 2 is 1.78 bits per heavy atom. The Labute approximate surface area is 106 Å². The smallest absolute Gasteiger partial charge is 0.408 e. The van der Waals surface area contributed by atoms with Gasteiger partial charge in [-0.15, -0.1) is 0 Å². The minimum atomic E-state index is -0.888. The molecule has 0 bridgehead atoms. The van der Waals surface area contributed by atoms with Gasteiger partial charge in [-0.1, -0.05) is 30.3 Å². The van der Waals surface area contributed by atoms with Crippen LogP contribution in [0.15, 0.2) is 30.3 Å². The van der Waals surface area contributed by atoms with E-state index in [1.807, 2.05) is 6.07 Å². The normalized spacial score (nSPS) is 12.6. The quantitative estimate of drug-likeness (QED) is 0.857. The highest BCUT2D eigenvalue weighted by atomic mass is 16.6. The number of carbonyl (C=O) groups excluding carboxylic acids is 2. The maximum absolute atomic E-state index is 11.6. The number of hydrogen-bond acceptors (Lipinski definition) is 3. The van der Waals surface area contributed by atoms with Gasteiger partial charge < -0.3 is 15.8 Å². The van der Waals surface area contributed by atoms with Gasteiger partial charge in [0.15, 0.2) is 0 Å². The molecule has 2 amide bonds. The standard InChI is InChI=1S/C13H18N2O3/c1-13(2,3)18-12(17)15-10(11(14)16)9-7-5-4-6-8-9/h4-8,10H,1-3H3,(H2,14,16)(H,15,17)/t10-/m0/s1. The van der Waals surface area contributed by atoms with Crippen LogP contribution in [-0.4, -0.2) is 17.6 Å². The summed E-state index contributed by atoms with van der Waals surface area (Å²) in [4.78, 5) is 23.0. The number of carbonyl (C=O) groups is 2. The summed E-state index contributed by atoms with van der Waals surface area (Å²) in [5.41, 5.74) is 5.27. The number of amides is 2. The van der Waals surface area contributed by atoms with E-state index in [4.69, 9.17) is 10.5 Å². The molecule has 1 atom stereocenters. The number of primary amides is 1. The second-order valence-corrected chi connectivity index (χ2v) is 4.89. The molecule has 0 saturated heterocycles. The van der Waals surface area contributed by atoms with E-state index in [1.54, 1.807) is 45.0 Å². The molecular weight excluding hydrogens is 232 g/mol. The van der Waals surface area contributed by atoms with Crippen molar-refractivity contribution in [1.82, 2.24) is 5.32 Å². The summed E-state index contributed by atoms with van der Waals surface area (Å²) >= 11 is 0. The second kappa shape index (κ2) is 5.53. The van der Waals surface area contributed by atoms with Crippen LogP contribution in [0.2, 0.25) is 0 Å². The Bertz CT molecular complexity index is 424. The number of hydrogen-bond donors (Lipinski definition) is 2. The van der Waals surface area contributed by atoms with Gasteiger partial charge in [-0.2, -0.15) is 0 Å². The number of benzene rings is 1. The van der Waals surface area contributed by atoms with Crippen molar-refractivity contribution >= 4 is 12.0 Å². The maximum atomic E-state index is 11.6. The van der Waals surface area contributed by atoms with Gasteiger partial charge in [-0.05, 0) is 26.3 Å². The van der Waals surface area contributed by atoms with Gasteiger partial charge in [0.05, 0.1) is 0 Å². The van der Waals surface area contributed by atoms with Crippen molar-refractivity contribution in [3.8, 4) is 0 Å². The molecule has 0 radical (unpaired) electrons. The second-order valence-electron chi connectivity index (χ2n) is 4.89. The van der Waals surface area contributed by atoms with Crippen LogP contribution in [0.3, 0.4) is 0 Å². The molecule has 0 aliphatic heterocycles.